The van der Waals surface area contributed by atoms with Crippen molar-refractivity contribution >= 4 is 107 Å². The van der Waals surface area contributed by atoms with Gasteiger partial charge in [-0.1, -0.05) is 116 Å². The summed E-state index contributed by atoms with van der Waals surface area (Å²) in [6, 6.07) is 61.1. The van der Waals surface area contributed by atoms with Crippen LogP contribution >= 0.6 is 22.7 Å². The van der Waals surface area contributed by atoms with Crippen molar-refractivity contribution in [3.05, 3.63) is 193 Å². The van der Waals surface area contributed by atoms with Crippen LogP contribution in [0.3, 0.4) is 0 Å². The van der Waals surface area contributed by atoms with E-state index in [0.717, 1.165) is 81.4 Å². The maximum absolute atomic E-state index is 15.2. The van der Waals surface area contributed by atoms with Gasteiger partial charge in [-0.25, -0.2) is 8.78 Å². The van der Waals surface area contributed by atoms with Crippen molar-refractivity contribution in [2.24, 2.45) is 0 Å². The average molecular weight is 891 g/mol. The van der Waals surface area contributed by atoms with E-state index in [1.165, 1.54) is 73.9 Å². The Morgan fingerprint density at radius 1 is 0.379 bits per heavy atom. The third-order valence-corrected chi connectivity index (χ3v) is 16.7. The van der Waals surface area contributed by atoms with Crippen molar-refractivity contribution in [2.75, 3.05) is 0 Å². The summed E-state index contributed by atoms with van der Waals surface area (Å²) in [5.74, 6) is -0.342. The van der Waals surface area contributed by atoms with Gasteiger partial charge in [0, 0.05) is 73.0 Å². The first-order valence-electron chi connectivity index (χ1n) is 23.0. The van der Waals surface area contributed by atoms with E-state index in [-0.39, 0.29) is 17.6 Å². The quantitative estimate of drug-likeness (QED) is 0.163. The molecule has 0 N–H and O–H groups in total. The van der Waals surface area contributed by atoms with Gasteiger partial charge in [0.2, 0.25) is 0 Å². The van der Waals surface area contributed by atoms with E-state index in [2.05, 4.69) is 137 Å². The summed E-state index contributed by atoms with van der Waals surface area (Å²) in [4.78, 5) is 0. The molecule has 1 saturated carbocycles. The lowest BCUT2D eigenvalue weighted by molar-refractivity contribution is 0.445. The zero-order valence-corrected chi connectivity index (χ0v) is 37.5. The maximum atomic E-state index is 15.2. The van der Waals surface area contributed by atoms with E-state index in [1.807, 2.05) is 46.9 Å². The third kappa shape index (κ3) is 5.55. The van der Waals surface area contributed by atoms with E-state index >= 15 is 8.78 Å². The van der Waals surface area contributed by atoms with Gasteiger partial charge in [-0.05, 0) is 114 Å². The van der Waals surface area contributed by atoms with E-state index in [0.29, 0.717) is 0 Å². The van der Waals surface area contributed by atoms with Crippen molar-refractivity contribution in [3.8, 4) is 33.6 Å². The largest absolute Gasteiger partial charge is 0.309 e. The second kappa shape index (κ2) is 14.7. The van der Waals surface area contributed by atoms with Crippen LogP contribution in [0.4, 0.5) is 8.78 Å². The summed E-state index contributed by atoms with van der Waals surface area (Å²) in [7, 11) is 0. The molecule has 14 rings (SSSR count). The number of hydrogen-bond donors (Lipinski definition) is 0. The molecular weight excluding hydrogens is 851 g/mol. The summed E-state index contributed by atoms with van der Waals surface area (Å²) >= 11 is 3.69. The number of para-hydroxylation sites is 2. The molecule has 0 spiro atoms. The molecule has 0 unspecified atom stereocenters. The lowest BCUT2D eigenvalue weighted by Crippen LogP contribution is -2.13. The van der Waals surface area contributed by atoms with E-state index in [9.17, 15) is 0 Å². The highest BCUT2D eigenvalue weighted by Crippen LogP contribution is 2.53. The number of aromatic nitrogens is 2. The molecule has 0 saturated heterocycles. The number of nitrogens with zero attached hydrogens (tertiary/aromatic N) is 2. The van der Waals surface area contributed by atoms with Gasteiger partial charge in [-0.3, -0.25) is 0 Å². The molecule has 0 amide bonds. The topological polar surface area (TPSA) is 9.86 Å². The normalized spacial score (nSPS) is 13.8. The summed E-state index contributed by atoms with van der Waals surface area (Å²) in [5.41, 5.74) is 11.9. The van der Waals surface area contributed by atoms with E-state index in [4.69, 9.17) is 0 Å². The molecule has 4 heterocycles. The average Bonchev–Trinajstić information content (AvgIpc) is 4.12. The Labute approximate surface area is 387 Å². The molecule has 6 heteroatoms. The molecular formula is C60H40F2N2S2. The fraction of sp³-hybridized carbons (Fsp3) is 0.100. The van der Waals surface area contributed by atoms with Crippen LogP contribution in [0.5, 0.6) is 0 Å². The van der Waals surface area contributed by atoms with Crippen LogP contribution in [0.15, 0.2) is 176 Å². The number of fused-ring (bicyclic) bond motifs is 14. The van der Waals surface area contributed by atoms with Crippen LogP contribution in [0.25, 0.3) is 118 Å². The van der Waals surface area contributed by atoms with Gasteiger partial charge in [-0.15, -0.1) is 22.7 Å². The van der Waals surface area contributed by atoms with Crippen LogP contribution in [-0.2, 0) is 0 Å². The molecule has 0 radical (unpaired) electrons. The molecule has 4 aromatic heterocycles. The predicted octanol–water partition coefficient (Wildman–Crippen LogP) is 18.3. The predicted molar refractivity (Wildman–Crippen MR) is 278 cm³/mol. The molecule has 0 atom stereocenters. The van der Waals surface area contributed by atoms with Crippen molar-refractivity contribution in [3.63, 3.8) is 0 Å². The van der Waals surface area contributed by atoms with Gasteiger partial charge in [0.15, 0.2) is 0 Å². The molecule has 9 aromatic carbocycles. The first-order chi connectivity index (χ1) is 32.6. The third-order valence-electron chi connectivity index (χ3n) is 14.4. The number of halogens is 2. The summed E-state index contributed by atoms with van der Waals surface area (Å²) in [6.45, 7) is 0. The molecule has 66 heavy (non-hydrogen) atoms. The van der Waals surface area contributed by atoms with Crippen LogP contribution in [0.2, 0.25) is 0 Å². The molecule has 1 aliphatic carbocycles. The minimum absolute atomic E-state index is 0.193. The minimum atomic E-state index is -0.268. The first kappa shape index (κ1) is 38.2. The van der Waals surface area contributed by atoms with Gasteiger partial charge in [0.05, 0.1) is 33.4 Å². The van der Waals surface area contributed by atoms with E-state index in [1.54, 1.807) is 24.3 Å². The van der Waals surface area contributed by atoms with Gasteiger partial charge >= 0.3 is 0 Å². The molecule has 1 aliphatic rings. The molecule has 1 fully saturated rings. The molecule has 13 aromatic rings. The summed E-state index contributed by atoms with van der Waals surface area (Å²) in [6.07, 6.45) is 5.47. The standard InChI is InChI=1S/C60H40F2N2S2/c61-38-26-22-36(23-27-38)54-48(63-44-18-8-4-14-40(44)57-46(63)30-32-52-59(57)42-16-6-10-20-50(42)65-52)34-49(55(37-24-28-39(62)29-25-37)56(54)35-12-2-1-3-13-35)64-45-19-9-5-15-41(45)58-47(64)31-33-53-60(58)43-17-7-11-21-51(43)66-53/h4-11,14-35H,1-3,12-13H2. The lowest BCUT2D eigenvalue weighted by atomic mass is 9.76. The summed E-state index contributed by atoms with van der Waals surface area (Å²) in [5, 5.41) is 9.93. The zero-order valence-electron chi connectivity index (χ0n) is 35.8. The Balaban J connectivity index is 1.22. The van der Waals surface area contributed by atoms with Gasteiger partial charge in [0.1, 0.15) is 11.6 Å². The Bertz CT molecular complexity index is 3850. The number of rotatable bonds is 5. The van der Waals surface area contributed by atoms with Crippen molar-refractivity contribution in [1.82, 2.24) is 9.13 Å². The van der Waals surface area contributed by atoms with Crippen molar-refractivity contribution < 1.29 is 8.78 Å². The Kier molecular flexibility index (Phi) is 8.50. The van der Waals surface area contributed by atoms with Gasteiger partial charge < -0.3 is 9.13 Å². The molecule has 0 bridgehead atoms. The maximum Gasteiger partial charge on any atom is 0.123 e. The summed E-state index contributed by atoms with van der Waals surface area (Å²) < 4.78 is 40.4. The highest BCUT2D eigenvalue weighted by atomic mass is 32.1. The van der Waals surface area contributed by atoms with Gasteiger partial charge in [-0.2, -0.15) is 0 Å². The Morgan fingerprint density at radius 3 is 1.27 bits per heavy atom. The van der Waals surface area contributed by atoms with Crippen LogP contribution in [-0.4, -0.2) is 9.13 Å². The number of benzene rings is 9. The van der Waals surface area contributed by atoms with Crippen LogP contribution in [0, 0.1) is 11.6 Å². The fourth-order valence-electron chi connectivity index (χ4n) is 11.7. The SMILES string of the molecule is Fc1ccc(-c2c(-n3c4ccccc4c4c5c(ccc43)sc3ccccc35)cc(-n3c4ccccc4c4c5c(ccc43)sc3ccccc35)c(-c3ccc(F)cc3)c2C2CCCCC2)cc1. The van der Waals surface area contributed by atoms with Gasteiger partial charge in [0.25, 0.3) is 0 Å². The highest BCUT2D eigenvalue weighted by molar-refractivity contribution is 7.26. The van der Waals surface area contributed by atoms with E-state index < -0.39 is 0 Å². The first-order valence-corrected chi connectivity index (χ1v) is 24.6. The van der Waals surface area contributed by atoms with Crippen LogP contribution < -0.4 is 0 Å². The number of thiophene rings is 2. The fourth-order valence-corrected chi connectivity index (χ4v) is 14.0. The zero-order chi connectivity index (χ0) is 43.6. The molecule has 2 nitrogen and oxygen atoms in total. The number of hydrogen-bond acceptors (Lipinski definition) is 2. The Hall–Kier alpha value is -7.12. The minimum Gasteiger partial charge on any atom is -0.309 e. The van der Waals surface area contributed by atoms with Crippen molar-refractivity contribution in [1.29, 1.82) is 0 Å². The highest BCUT2D eigenvalue weighted by Gasteiger charge is 2.32. The lowest BCUT2D eigenvalue weighted by Gasteiger charge is -2.32. The Morgan fingerprint density at radius 2 is 0.803 bits per heavy atom. The smallest absolute Gasteiger partial charge is 0.123 e. The monoisotopic (exact) mass is 890 g/mol. The molecule has 316 valence electrons. The second-order valence-corrected chi connectivity index (χ2v) is 20.2. The van der Waals surface area contributed by atoms with Crippen molar-refractivity contribution in [2.45, 2.75) is 38.0 Å². The molecule has 0 aliphatic heterocycles. The van der Waals surface area contributed by atoms with Crippen LogP contribution in [0.1, 0.15) is 43.6 Å². The second-order valence-electron chi connectivity index (χ2n) is 18.0.